The Labute approximate surface area is 209 Å². The zero-order valence-corrected chi connectivity index (χ0v) is 20.7. The summed E-state index contributed by atoms with van der Waals surface area (Å²) in [5, 5.41) is 16.8. The van der Waals surface area contributed by atoms with Crippen LogP contribution < -0.4 is 15.5 Å². The SMILES string of the molecule is O=C(Nc1nccs1)C1CCCCN1c1nc2c(c(Nc3cc(C4CCCCC4)[nH]n3)n1)CCC2. The van der Waals surface area contributed by atoms with E-state index in [2.05, 4.69) is 36.8 Å². The second kappa shape index (κ2) is 9.93. The van der Waals surface area contributed by atoms with E-state index in [1.54, 1.807) is 6.20 Å². The van der Waals surface area contributed by atoms with Gasteiger partial charge < -0.3 is 15.5 Å². The second-order valence-corrected chi connectivity index (χ2v) is 10.7. The highest BCUT2D eigenvalue weighted by atomic mass is 32.1. The average Bonchev–Trinajstić information content (AvgIpc) is 3.67. The Morgan fingerprint density at radius 2 is 1.94 bits per heavy atom. The third-order valence-electron chi connectivity index (χ3n) is 7.54. The number of H-pyrrole nitrogens is 1. The molecule has 0 spiro atoms. The van der Waals surface area contributed by atoms with E-state index < -0.39 is 0 Å². The number of amides is 1. The van der Waals surface area contributed by atoms with Gasteiger partial charge in [0.2, 0.25) is 11.9 Å². The first-order valence-corrected chi connectivity index (χ1v) is 13.8. The molecule has 0 aromatic carbocycles. The molecule has 1 saturated heterocycles. The predicted octanol–water partition coefficient (Wildman–Crippen LogP) is 4.93. The highest BCUT2D eigenvalue weighted by Gasteiger charge is 2.33. The number of hydrogen-bond donors (Lipinski definition) is 3. The molecular weight excluding hydrogens is 460 g/mol. The fourth-order valence-corrected chi connectivity index (χ4v) is 6.25. The van der Waals surface area contributed by atoms with Crippen LogP contribution >= 0.6 is 11.3 Å². The smallest absolute Gasteiger partial charge is 0.248 e. The zero-order chi connectivity index (χ0) is 23.6. The van der Waals surface area contributed by atoms with Crippen molar-refractivity contribution < 1.29 is 4.79 Å². The maximum Gasteiger partial charge on any atom is 0.248 e. The molecule has 6 rings (SSSR count). The Hall–Kier alpha value is -3.01. The Morgan fingerprint density at radius 3 is 2.80 bits per heavy atom. The molecule has 3 aliphatic rings. The number of fused-ring (bicyclic) bond motifs is 1. The zero-order valence-electron chi connectivity index (χ0n) is 19.9. The number of rotatable bonds is 6. The van der Waals surface area contributed by atoms with Gasteiger partial charge in [0.15, 0.2) is 10.9 Å². The van der Waals surface area contributed by atoms with Crippen molar-refractivity contribution in [3.8, 4) is 0 Å². The van der Waals surface area contributed by atoms with Crippen LogP contribution in [-0.2, 0) is 17.6 Å². The van der Waals surface area contributed by atoms with E-state index in [0.29, 0.717) is 17.0 Å². The summed E-state index contributed by atoms with van der Waals surface area (Å²) >= 11 is 1.43. The maximum absolute atomic E-state index is 13.1. The molecule has 4 heterocycles. The van der Waals surface area contributed by atoms with Gasteiger partial charge >= 0.3 is 0 Å². The van der Waals surface area contributed by atoms with Gasteiger partial charge in [-0.1, -0.05) is 19.3 Å². The normalized spacial score (nSPS) is 20.6. The summed E-state index contributed by atoms with van der Waals surface area (Å²) in [4.78, 5) is 29.3. The number of nitrogens with one attached hydrogen (secondary N) is 3. The molecule has 1 saturated carbocycles. The molecule has 3 aromatic heterocycles. The van der Waals surface area contributed by atoms with Crippen LogP contribution in [0.15, 0.2) is 17.6 Å². The van der Waals surface area contributed by atoms with E-state index >= 15 is 0 Å². The van der Waals surface area contributed by atoms with Crippen LogP contribution in [0.5, 0.6) is 0 Å². The Bertz CT molecular complexity index is 1170. The van der Waals surface area contributed by atoms with Gasteiger partial charge in [-0.3, -0.25) is 9.89 Å². The number of carbonyl (C=O) groups excluding carboxylic acids is 1. The molecule has 1 unspecified atom stereocenters. The van der Waals surface area contributed by atoms with Gasteiger partial charge in [-0.25, -0.2) is 9.97 Å². The first-order chi connectivity index (χ1) is 17.2. The van der Waals surface area contributed by atoms with Gasteiger partial charge in [-0.05, 0) is 51.4 Å². The lowest BCUT2D eigenvalue weighted by Crippen LogP contribution is -2.48. The summed E-state index contributed by atoms with van der Waals surface area (Å²) in [6, 6.07) is 1.84. The van der Waals surface area contributed by atoms with Gasteiger partial charge in [0.25, 0.3) is 0 Å². The molecular formula is C25H32N8OS. The minimum atomic E-state index is -0.303. The minimum absolute atomic E-state index is 0.0392. The van der Waals surface area contributed by atoms with Crippen LogP contribution in [0.25, 0.3) is 0 Å². The lowest BCUT2D eigenvalue weighted by Gasteiger charge is -2.35. The lowest BCUT2D eigenvalue weighted by molar-refractivity contribution is -0.117. The van der Waals surface area contributed by atoms with E-state index in [9.17, 15) is 4.79 Å². The average molecular weight is 493 g/mol. The Morgan fingerprint density at radius 1 is 1.06 bits per heavy atom. The van der Waals surface area contributed by atoms with Crippen molar-refractivity contribution in [2.24, 2.45) is 0 Å². The quantitative estimate of drug-likeness (QED) is 0.447. The summed E-state index contributed by atoms with van der Waals surface area (Å²) in [6.07, 6.45) is 13.9. The molecule has 2 fully saturated rings. The highest BCUT2D eigenvalue weighted by Crippen LogP contribution is 2.35. The third-order valence-corrected chi connectivity index (χ3v) is 8.22. The van der Waals surface area contributed by atoms with Crippen molar-refractivity contribution in [2.75, 3.05) is 22.1 Å². The number of hydrogen-bond acceptors (Lipinski definition) is 8. The fraction of sp³-hybridized carbons (Fsp3) is 0.560. The van der Waals surface area contributed by atoms with E-state index in [-0.39, 0.29) is 11.9 Å². The summed E-state index contributed by atoms with van der Waals surface area (Å²) in [5.74, 6) is 2.80. The number of aromatic amines is 1. The molecule has 0 bridgehead atoms. The van der Waals surface area contributed by atoms with E-state index in [1.165, 1.54) is 54.7 Å². The van der Waals surface area contributed by atoms with Gasteiger partial charge in [-0.2, -0.15) is 10.1 Å². The van der Waals surface area contributed by atoms with Gasteiger partial charge in [0.05, 0.1) is 5.69 Å². The molecule has 35 heavy (non-hydrogen) atoms. The van der Waals surface area contributed by atoms with E-state index in [4.69, 9.17) is 9.97 Å². The number of aromatic nitrogens is 5. The number of piperidine rings is 1. The molecule has 1 amide bonds. The van der Waals surface area contributed by atoms with Crippen LogP contribution in [0.1, 0.15) is 80.7 Å². The molecule has 10 heteroatoms. The number of anilines is 4. The van der Waals surface area contributed by atoms with Crippen molar-refractivity contribution in [1.29, 1.82) is 0 Å². The predicted molar refractivity (Wildman–Crippen MR) is 137 cm³/mol. The van der Waals surface area contributed by atoms with Crippen molar-refractivity contribution in [3.63, 3.8) is 0 Å². The monoisotopic (exact) mass is 492 g/mol. The second-order valence-electron chi connectivity index (χ2n) is 9.85. The molecule has 1 aliphatic heterocycles. The molecule has 3 N–H and O–H groups in total. The third kappa shape index (κ3) is 4.76. The molecule has 184 valence electrons. The van der Waals surface area contributed by atoms with Crippen molar-refractivity contribution in [2.45, 2.75) is 82.6 Å². The molecule has 0 radical (unpaired) electrons. The van der Waals surface area contributed by atoms with Crippen LogP contribution in [0, 0.1) is 0 Å². The van der Waals surface area contributed by atoms with Crippen LogP contribution in [0.2, 0.25) is 0 Å². The molecule has 9 nitrogen and oxygen atoms in total. The Balaban J connectivity index is 1.26. The van der Waals surface area contributed by atoms with E-state index in [0.717, 1.165) is 62.4 Å². The van der Waals surface area contributed by atoms with Crippen LogP contribution in [0.3, 0.4) is 0 Å². The molecule has 3 aromatic rings. The van der Waals surface area contributed by atoms with Crippen molar-refractivity contribution in [3.05, 3.63) is 34.6 Å². The summed E-state index contributed by atoms with van der Waals surface area (Å²) in [5.41, 5.74) is 3.48. The maximum atomic E-state index is 13.1. The number of aryl methyl sites for hydroxylation is 1. The first kappa shape index (κ1) is 22.5. The number of nitrogens with zero attached hydrogens (tertiary/aromatic N) is 5. The summed E-state index contributed by atoms with van der Waals surface area (Å²) in [6.45, 7) is 0.766. The summed E-state index contributed by atoms with van der Waals surface area (Å²) in [7, 11) is 0. The fourth-order valence-electron chi connectivity index (χ4n) is 5.71. The van der Waals surface area contributed by atoms with E-state index in [1.807, 2.05) is 5.38 Å². The Kier molecular flexibility index (Phi) is 6.37. The van der Waals surface area contributed by atoms with Gasteiger partial charge in [0, 0.05) is 41.4 Å². The van der Waals surface area contributed by atoms with Crippen molar-refractivity contribution in [1.82, 2.24) is 25.1 Å². The lowest BCUT2D eigenvalue weighted by atomic mass is 9.87. The van der Waals surface area contributed by atoms with Gasteiger partial charge in [0.1, 0.15) is 11.9 Å². The number of carbonyl (C=O) groups is 1. The minimum Gasteiger partial charge on any atom is -0.329 e. The molecule has 1 atom stereocenters. The summed E-state index contributed by atoms with van der Waals surface area (Å²) < 4.78 is 0. The largest absolute Gasteiger partial charge is 0.329 e. The van der Waals surface area contributed by atoms with Crippen LogP contribution in [-0.4, -0.2) is 43.6 Å². The van der Waals surface area contributed by atoms with Gasteiger partial charge in [-0.15, -0.1) is 11.3 Å². The topological polar surface area (TPSA) is 112 Å². The number of thiazole rings is 1. The molecule has 2 aliphatic carbocycles. The highest BCUT2D eigenvalue weighted by molar-refractivity contribution is 7.13. The first-order valence-electron chi connectivity index (χ1n) is 12.9. The standard InChI is InChI=1S/C25H32N8OS/c34-23(30-25-26-12-14-35-25)20-11-4-5-13-33(20)24-27-18-10-6-9-17(18)22(29-24)28-21-15-19(31-32-21)16-7-2-1-3-8-16/h12,14-16,20H,1-11,13H2,(H,26,30,34)(H2,27,28,29,31,32). The van der Waals surface area contributed by atoms with Crippen LogP contribution in [0.4, 0.5) is 22.7 Å². The van der Waals surface area contributed by atoms with Crippen molar-refractivity contribution >= 4 is 40.0 Å².